The van der Waals surface area contributed by atoms with Crippen LogP contribution in [0.1, 0.15) is 26.7 Å². The first kappa shape index (κ1) is 19.4. The molecule has 0 unspecified atom stereocenters. The number of aliphatic carboxylic acids is 2. The summed E-state index contributed by atoms with van der Waals surface area (Å²) < 4.78 is 17.0. The van der Waals surface area contributed by atoms with E-state index in [0.29, 0.717) is 25.5 Å². The topological polar surface area (TPSA) is 127 Å². The molecule has 0 heterocycles. The fraction of sp³-hybridized carbons (Fsp3) is 0.800. The summed E-state index contributed by atoms with van der Waals surface area (Å²) in [6.45, 7) is 5.10. The SMILES string of the molecule is CCP(=O)(CC)OCCCCN.O=C(O)C(=O)O. The van der Waals surface area contributed by atoms with Crippen molar-refractivity contribution in [3.63, 3.8) is 0 Å². The van der Waals surface area contributed by atoms with Crippen LogP contribution in [0.4, 0.5) is 0 Å². The van der Waals surface area contributed by atoms with Gasteiger partial charge in [-0.25, -0.2) is 9.59 Å². The Bertz CT molecular complexity index is 274. The zero-order chi connectivity index (χ0) is 14.6. The first-order chi connectivity index (χ1) is 8.32. The summed E-state index contributed by atoms with van der Waals surface area (Å²) in [6.07, 6.45) is 3.16. The summed E-state index contributed by atoms with van der Waals surface area (Å²) in [5.74, 6) is -3.65. The van der Waals surface area contributed by atoms with Crippen LogP contribution in [0.25, 0.3) is 0 Å². The van der Waals surface area contributed by atoms with Crippen LogP contribution in [-0.2, 0) is 18.7 Å². The van der Waals surface area contributed by atoms with E-state index in [1.165, 1.54) is 0 Å². The van der Waals surface area contributed by atoms with E-state index >= 15 is 0 Å². The molecule has 0 aliphatic rings. The second kappa shape index (κ2) is 11.2. The summed E-state index contributed by atoms with van der Waals surface area (Å²) in [4.78, 5) is 18.2. The van der Waals surface area contributed by atoms with E-state index in [1.54, 1.807) is 0 Å². The third kappa shape index (κ3) is 11.6. The summed E-state index contributed by atoms with van der Waals surface area (Å²) >= 11 is 0. The number of unbranched alkanes of at least 4 members (excludes halogenated alkanes) is 1. The molecule has 0 aliphatic carbocycles. The van der Waals surface area contributed by atoms with Gasteiger partial charge in [0.25, 0.3) is 0 Å². The molecule has 108 valence electrons. The number of rotatable bonds is 7. The normalized spacial score (nSPS) is 10.4. The summed E-state index contributed by atoms with van der Waals surface area (Å²) in [5.41, 5.74) is 5.32. The van der Waals surface area contributed by atoms with Crippen LogP contribution >= 0.6 is 7.37 Å². The van der Waals surface area contributed by atoms with Gasteiger partial charge in [0.15, 0.2) is 0 Å². The number of hydrogen-bond acceptors (Lipinski definition) is 5. The van der Waals surface area contributed by atoms with Gasteiger partial charge in [-0.1, -0.05) is 13.8 Å². The van der Waals surface area contributed by atoms with Gasteiger partial charge in [0.2, 0.25) is 7.37 Å². The van der Waals surface area contributed by atoms with E-state index in [4.69, 9.17) is 30.1 Å². The minimum atomic E-state index is -2.26. The Balaban J connectivity index is 0. The minimum Gasteiger partial charge on any atom is -0.473 e. The van der Waals surface area contributed by atoms with Gasteiger partial charge in [-0.2, -0.15) is 0 Å². The summed E-state index contributed by atoms with van der Waals surface area (Å²) in [5, 5.41) is 14.8. The molecule has 0 radical (unpaired) electrons. The Morgan fingerprint density at radius 1 is 1.11 bits per heavy atom. The van der Waals surface area contributed by atoms with Crippen LogP contribution < -0.4 is 5.73 Å². The van der Waals surface area contributed by atoms with Gasteiger partial charge in [-0.3, -0.25) is 4.57 Å². The number of carbonyl (C=O) groups is 2. The first-order valence-electron chi connectivity index (χ1n) is 5.71. The fourth-order valence-corrected chi connectivity index (χ4v) is 2.16. The number of carboxylic acid groups (broad SMARTS) is 2. The summed E-state index contributed by atoms with van der Waals surface area (Å²) in [7, 11) is -2.26. The molecule has 0 rings (SSSR count). The van der Waals surface area contributed by atoms with Crippen LogP contribution in [0, 0.1) is 0 Å². The van der Waals surface area contributed by atoms with Crippen molar-refractivity contribution in [3.8, 4) is 0 Å². The average molecular weight is 283 g/mol. The molecule has 0 saturated carbocycles. The maximum Gasteiger partial charge on any atom is 0.414 e. The number of carboxylic acids is 2. The van der Waals surface area contributed by atoms with Crippen molar-refractivity contribution in [3.05, 3.63) is 0 Å². The van der Waals surface area contributed by atoms with E-state index in [2.05, 4.69) is 0 Å². The third-order valence-corrected chi connectivity index (χ3v) is 4.65. The second-order valence-corrected chi connectivity index (χ2v) is 6.54. The van der Waals surface area contributed by atoms with Crippen molar-refractivity contribution < 1.29 is 28.9 Å². The third-order valence-electron chi connectivity index (χ3n) is 2.07. The molecule has 0 aromatic rings. The van der Waals surface area contributed by atoms with Gasteiger partial charge in [0.1, 0.15) is 0 Å². The van der Waals surface area contributed by atoms with Gasteiger partial charge in [-0.15, -0.1) is 0 Å². The van der Waals surface area contributed by atoms with E-state index in [1.807, 2.05) is 13.8 Å². The average Bonchev–Trinajstić information content (AvgIpc) is 2.35. The highest BCUT2D eigenvalue weighted by molar-refractivity contribution is 7.58. The van der Waals surface area contributed by atoms with E-state index in [-0.39, 0.29) is 0 Å². The smallest absolute Gasteiger partial charge is 0.414 e. The lowest BCUT2D eigenvalue weighted by atomic mass is 10.3. The van der Waals surface area contributed by atoms with Gasteiger partial charge in [0, 0.05) is 12.3 Å². The molecule has 0 fully saturated rings. The lowest BCUT2D eigenvalue weighted by Crippen LogP contribution is -2.09. The van der Waals surface area contributed by atoms with E-state index in [0.717, 1.165) is 12.8 Å². The van der Waals surface area contributed by atoms with Crippen molar-refractivity contribution in [2.45, 2.75) is 26.7 Å². The Morgan fingerprint density at radius 3 is 1.83 bits per heavy atom. The second-order valence-electron chi connectivity index (χ2n) is 3.39. The molecule has 0 aromatic carbocycles. The fourth-order valence-electron chi connectivity index (χ4n) is 0.883. The highest BCUT2D eigenvalue weighted by atomic mass is 31.2. The van der Waals surface area contributed by atoms with Crippen molar-refractivity contribution >= 4 is 19.3 Å². The number of hydrogen-bond donors (Lipinski definition) is 3. The zero-order valence-corrected chi connectivity index (χ0v) is 11.7. The molecular formula is C10H22NO6P. The molecule has 18 heavy (non-hydrogen) atoms. The minimum absolute atomic E-state index is 0.593. The molecule has 7 nitrogen and oxygen atoms in total. The van der Waals surface area contributed by atoms with Gasteiger partial charge in [-0.05, 0) is 19.4 Å². The van der Waals surface area contributed by atoms with Crippen LogP contribution in [0.3, 0.4) is 0 Å². The predicted molar refractivity (Wildman–Crippen MR) is 68.2 cm³/mol. The molecule has 4 N–H and O–H groups in total. The molecular weight excluding hydrogens is 261 g/mol. The largest absolute Gasteiger partial charge is 0.473 e. The zero-order valence-electron chi connectivity index (χ0n) is 10.8. The number of nitrogens with two attached hydrogens (primary N) is 1. The van der Waals surface area contributed by atoms with Crippen LogP contribution in [-0.4, -0.2) is 47.6 Å². The predicted octanol–water partition coefficient (Wildman–Crippen LogP) is 1.22. The van der Waals surface area contributed by atoms with Gasteiger partial charge in [0.05, 0.1) is 6.61 Å². The van der Waals surface area contributed by atoms with Crippen LogP contribution in [0.15, 0.2) is 0 Å². The van der Waals surface area contributed by atoms with E-state index in [9.17, 15) is 4.57 Å². The van der Waals surface area contributed by atoms with Crippen molar-refractivity contribution in [1.82, 2.24) is 0 Å². The molecule has 0 bridgehead atoms. The molecule has 0 aromatic heterocycles. The highest BCUT2D eigenvalue weighted by Gasteiger charge is 2.16. The maximum absolute atomic E-state index is 11.7. The quantitative estimate of drug-likeness (QED) is 0.364. The van der Waals surface area contributed by atoms with Crippen molar-refractivity contribution in [2.75, 3.05) is 25.5 Å². The van der Waals surface area contributed by atoms with Crippen LogP contribution in [0.2, 0.25) is 0 Å². The van der Waals surface area contributed by atoms with Gasteiger partial charge < -0.3 is 20.5 Å². The molecule has 0 amide bonds. The Morgan fingerprint density at radius 2 is 1.56 bits per heavy atom. The Hall–Kier alpha value is -0.910. The van der Waals surface area contributed by atoms with Gasteiger partial charge >= 0.3 is 11.9 Å². The van der Waals surface area contributed by atoms with E-state index < -0.39 is 19.3 Å². The monoisotopic (exact) mass is 283 g/mol. The lowest BCUT2D eigenvalue weighted by Gasteiger charge is -2.14. The Kier molecular flexibility index (Phi) is 12.1. The molecule has 8 heteroatoms. The molecule has 0 aliphatic heterocycles. The van der Waals surface area contributed by atoms with Crippen molar-refractivity contribution in [1.29, 1.82) is 0 Å². The molecule has 0 saturated heterocycles. The Labute approximate surface area is 107 Å². The maximum atomic E-state index is 11.7. The highest BCUT2D eigenvalue weighted by Crippen LogP contribution is 2.45. The molecule has 0 spiro atoms. The molecule has 0 atom stereocenters. The standard InChI is InChI=1S/C8H20NO2P.C2H2O4/c1-3-12(10,4-2)11-8-6-5-7-9;3-1(4)2(5)6/h3-9H2,1-2H3;(H,3,4)(H,5,6). The lowest BCUT2D eigenvalue weighted by molar-refractivity contribution is -0.159. The van der Waals surface area contributed by atoms with Crippen LogP contribution in [0.5, 0.6) is 0 Å². The first-order valence-corrected chi connectivity index (χ1v) is 7.71. The summed E-state index contributed by atoms with van der Waals surface area (Å²) in [6, 6.07) is 0. The van der Waals surface area contributed by atoms with Crippen molar-refractivity contribution in [2.24, 2.45) is 5.73 Å².